The number of aliphatic hydroxyl groups excluding tert-OH is 1. The van der Waals surface area contributed by atoms with Gasteiger partial charge in [-0.25, -0.2) is 0 Å². The Kier molecular flexibility index (Phi) is 16.2. The molecule has 15 heteroatoms. The van der Waals surface area contributed by atoms with E-state index in [-0.39, 0.29) is 63.3 Å². The monoisotopic (exact) mass is 707 g/mol. The van der Waals surface area contributed by atoms with E-state index in [1.54, 1.807) is 24.3 Å². The van der Waals surface area contributed by atoms with E-state index in [1.165, 1.54) is 26.5 Å². The molecule has 1 saturated heterocycles. The second-order valence-electron chi connectivity index (χ2n) is 11.5. The Labute approximate surface area is 296 Å². The van der Waals surface area contributed by atoms with Gasteiger partial charge in [-0.15, -0.1) is 0 Å². The first-order valence-corrected chi connectivity index (χ1v) is 17.3. The third-order valence-corrected chi connectivity index (χ3v) is 8.67. The molecule has 2 atom stereocenters. The Morgan fingerprint density at radius 3 is 2.02 bits per heavy atom. The van der Waals surface area contributed by atoms with E-state index >= 15 is 0 Å². The number of hydrogen-bond donors (Lipinski definition) is 5. The van der Waals surface area contributed by atoms with Gasteiger partial charge in [-0.2, -0.15) is 11.8 Å². The third kappa shape index (κ3) is 12.5. The number of nitrogens with one attached hydrogen (secondary N) is 3. The number of thioether (sulfide) groups is 1. The molecule has 1 aliphatic heterocycles. The summed E-state index contributed by atoms with van der Waals surface area (Å²) in [5.41, 5.74) is 7.67. The number of nitrogens with two attached hydrogens (primary N) is 1. The van der Waals surface area contributed by atoms with Gasteiger partial charge < -0.3 is 41.5 Å². The van der Waals surface area contributed by atoms with Gasteiger partial charge in [0, 0.05) is 24.3 Å². The fourth-order valence-corrected chi connectivity index (χ4v) is 5.74. The summed E-state index contributed by atoms with van der Waals surface area (Å²) in [5, 5.41) is 17.6. The smallest absolute Gasteiger partial charge is 0.248 e. The van der Waals surface area contributed by atoms with Crippen LogP contribution in [0.4, 0.5) is 5.69 Å². The van der Waals surface area contributed by atoms with Crippen molar-refractivity contribution in [2.24, 2.45) is 5.73 Å². The first-order chi connectivity index (χ1) is 24.1. The fourth-order valence-electron chi connectivity index (χ4n) is 5.01. The zero-order valence-electron chi connectivity index (χ0n) is 27.9. The van der Waals surface area contributed by atoms with E-state index < -0.39 is 41.6 Å². The molecule has 6 N–H and O–H groups in total. The van der Waals surface area contributed by atoms with Gasteiger partial charge >= 0.3 is 0 Å². The van der Waals surface area contributed by atoms with Gasteiger partial charge in [-0.05, 0) is 54.8 Å². The Bertz CT molecular complexity index is 1480. The highest BCUT2D eigenvalue weighted by atomic mass is 32.2. The SMILES string of the molecule is C=CC(=O)N1CN(C(=O)C=C)CN(C(=O)CCSCC(=O)N[C@@H](Cc2ccccc2)C(=O)N[C@@H](CCCN)C(=O)Nc2ccc(CO)cc2)C1. The Hall–Kier alpha value is -4.99. The maximum absolute atomic E-state index is 13.6. The molecule has 0 aromatic heterocycles. The van der Waals surface area contributed by atoms with Gasteiger partial charge in [0.05, 0.1) is 32.4 Å². The minimum Gasteiger partial charge on any atom is -0.392 e. The van der Waals surface area contributed by atoms with Crippen molar-refractivity contribution in [1.29, 1.82) is 0 Å². The second kappa shape index (κ2) is 20.5. The van der Waals surface area contributed by atoms with Crippen LogP contribution in [0.2, 0.25) is 0 Å². The van der Waals surface area contributed by atoms with Crippen molar-refractivity contribution in [3.8, 4) is 0 Å². The first kappa shape index (κ1) is 39.4. The van der Waals surface area contributed by atoms with E-state index in [0.717, 1.165) is 17.7 Å². The number of carbonyl (C=O) groups is 6. The first-order valence-electron chi connectivity index (χ1n) is 16.1. The van der Waals surface area contributed by atoms with Crippen LogP contribution in [0.25, 0.3) is 0 Å². The zero-order chi connectivity index (χ0) is 36.5. The molecule has 0 unspecified atom stereocenters. The van der Waals surface area contributed by atoms with Crippen LogP contribution in [0.3, 0.4) is 0 Å². The number of amides is 6. The lowest BCUT2D eigenvalue weighted by atomic mass is 10.0. The quantitative estimate of drug-likeness (QED) is 0.111. The van der Waals surface area contributed by atoms with Crippen molar-refractivity contribution in [3.05, 3.63) is 91.0 Å². The molecule has 1 heterocycles. The Morgan fingerprint density at radius 2 is 1.44 bits per heavy atom. The molecule has 50 heavy (non-hydrogen) atoms. The Morgan fingerprint density at radius 1 is 0.820 bits per heavy atom. The Balaban J connectivity index is 1.60. The van der Waals surface area contributed by atoms with Crippen molar-refractivity contribution >= 4 is 52.9 Å². The molecule has 1 fully saturated rings. The number of aliphatic hydroxyl groups is 1. The van der Waals surface area contributed by atoms with Crippen LogP contribution in [0, 0.1) is 0 Å². The number of rotatable bonds is 18. The van der Waals surface area contributed by atoms with Crippen LogP contribution in [-0.4, -0.2) is 105 Å². The molecule has 0 aliphatic carbocycles. The maximum Gasteiger partial charge on any atom is 0.248 e. The van der Waals surface area contributed by atoms with E-state index in [0.29, 0.717) is 24.2 Å². The largest absolute Gasteiger partial charge is 0.392 e. The number of carbonyl (C=O) groups excluding carboxylic acids is 6. The highest BCUT2D eigenvalue weighted by Crippen LogP contribution is 2.14. The summed E-state index contributed by atoms with van der Waals surface area (Å²) in [5.74, 6) is -2.37. The number of benzene rings is 2. The van der Waals surface area contributed by atoms with Crippen molar-refractivity contribution in [2.75, 3.05) is 43.4 Å². The summed E-state index contributed by atoms with van der Waals surface area (Å²) >= 11 is 1.19. The molecule has 6 amide bonds. The number of nitrogens with zero attached hydrogens (tertiary/aromatic N) is 3. The molecule has 14 nitrogen and oxygen atoms in total. The van der Waals surface area contributed by atoms with Gasteiger partial charge in [0.2, 0.25) is 35.4 Å². The van der Waals surface area contributed by atoms with E-state index in [1.807, 2.05) is 30.3 Å². The molecule has 1 aliphatic rings. The van der Waals surface area contributed by atoms with Crippen LogP contribution in [0.15, 0.2) is 79.9 Å². The summed E-state index contributed by atoms with van der Waals surface area (Å²) in [7, 11) is 0. The van der Waals surface area contributed by atoms with Crippen molar-refractivity contribution in [3.63, 3.8) is 0 Å². The van der Waals surface area contributed by atoms with Crippen molar-refractivity contribution in [2.45, 2.75) is 44.4 Å². The summed E-state index contributed by atoms with van der Waals surface area (Å²) in [4.78, 5) is 81.2. The van der Waals surface area contributed by atoms with Gasteiger partial charge in [0.25, 0.3) is 0 Å². The molecule has 0 spiro atoms. The van der Waals surface area contributed by atoms with Crippen molar-refractivity contribution < 1.29 is 33.9 Å². The topological polar surface area (TPSA) is 194 Å². The second-order valence-corrected chi connectivity index (χ2v) is 12.6. The minimum atomic E-state index is -1.00. The van der Waals surface area contributed by atoms with Crippen LogP contribution < -0.4 is 21.7 Å². The maximum atomic E-state index is 13.6. The number of hydrogen-bond acceptors (Lipinski definition) is 9. The molecular formula is C35H45N7O7S. The normalized spacial score (nSPS) is 13.8. The molecule has 3 rings (SSSR count). The van der Waals surface area contributed by atoms with E-state index in [9.17, 15) is 33.9 Å². The van der Waals surface area contributed by atoms with Gasteiger partial charge in [0.15, 0.2) is 0 Å². The average Bonchev–Trinajstić information content (AvgIpc) is 3.14. The van der Waals surface area contributed by atoms with Gasteiger partial charge in [-0.3, -0.25) is 28.8 Å². The fraction of sp³-hybridized carbons (Fsp3) is 0.371. The van der Waals surface area contributed by atoms with Crippen LogP contribution in [0.5, 0.6) is 0 Å². The summed E-state index contributed by atoms with van der Waals surface area (Å²) in [6.45, 7) is 7.10. The predicted molar refractivity (Wildman–Crippen MR) is 191 cm³/mol. The average molecular weight is 708 g/mol. The van der Waals surface area contributed by atoms with Gasteiger partial charge in [-0.1, -0.05) is 55.6 Å². The highest BCUT2D eigenvalue weighted by molar-refractivity contribution is 7.99. The van der Waals surface area contributed by atoms with Crippen LogP contribution >= 0.6 is 11.8 Å². The molecule has 2 aromatic carbocycles. The van der Waals surface area contributed by atoms with Crippen molar-refractivity contribution in [1.82, 2.24) is 25.3 Å². The summed E-state index contributed by atoms with van der Waals surface area (Å²) in [6, 6.07) is 13.9. The molecule has 0 bridgehead atoms. The summed E-state index contributed by atoms with van der Waals surface area (Å²) in [6.07, 6.45) is 3.17. The van der Waals surface area contributed by atoms with Crippen LogP contribution in [-0.2, 0) is 41.8 Å². The minimum absolute atomic E-state index is 0.00376. The van der Waals surface area contributed by atoms with E-state index in [4.69, 9.17) is 5.73 Å². The molecule has 0 radical (unpaired) electrons. The predicted octanol–water partition coefficient (Wildman–Crippen LogP) is 0.936. The van der Waals surface area contributed by atoms with E-state index in [2.05, 4.69) is 29.1 Å². The molecule has 0 saturated carbocycles. The lowest BCUT2D eigenvalue weighted by Crippen LogP contribution is -2.59. The highest BCUT2D eigenvalue weighted by Gasteiger charge is 2.30. The molecule has 2 aromatic rings. The standard InChI is InChI=1S/C35H45N7O7S/c1-3-31(45)40-22-41(32(46)4-2)24-42(23-40)33(47)16-18-50-21-30(44)38-29(19-25-9-6-5-7-10-25)35(49)39-28(11-8-17-36)34(48)37-27-14-12-26(20-43)13-15-27/h3-7,9-10,12-15,28-29,43H,1-2,8,11,16-24,36H2,(H,37,48)(H,38,44)(H,39,49)/t28-,29-/m0/s1. The lowest BCUT2D eigenvalue weighted by molar-refractivity contribution is -0.154. The van der Waals surface area contributed by atoms with Gasteiger partial charge in [0.1, 0.15) is 12.1 Å². The van der Waals surface area contributed by atoms with Crippen LogP contribution in [0.1, 0.15) is 30.4 Å². The lowest BCUT2D eigenvalue weighted by Gasteiger charge is -2.41. The third-order valence-electron chi connectivity index (χ3n) is 7.71. The zero-order valence-corrected chi connectivity index (χ0v) is 28.7. The molecular weight excluding hydrogens is 662 g/mol. The summed E-state index contributed by atoms with van der Waals surface area (Å²) < 4.78 is 0. The number of anilines is 1. The molecule has 268 valence electrons.